The Labute approximate surface area is 116 Å². The van der Waals surface area contributed by atoms with E-state index in [2.05, 4.69) is 5.32 Å². The summed E-state index contributed by atoms with van der Waals surface area (Å²) >= 11 is 1.40. The first-order chi connectivity index (χ1) is 9.16. The lowest BCUT2D eigenvalue weighted by Crippen LogP contribution is -2.32. The van der Waals surface area contributed by atoms with Crippen molar-refractivity contribution in [3.05, 3.63) is 22.4 Å². The van der Waals surface area contributed by atoms with E-state index < -0.39 is 0 Å². The minimum absolute atomic E-state index is 0.0195. The summed E-state index contributed by atoms with van der Waals surface area (Å²) in [6.07, 6.45) is 3.01. The average molecular weight is 281 g/mol. The van der Waals surface area contributed by atoms with Gasteiger partial charge in [-0.05, 0) is 24.3 Å². The van der Waals surface area contributed by atoms with Gasteiger partial charge in [0.05, 0.1) is 11.0 Å². The van der Waals surface area contributed by atoms with E-state index in [1.54, 1.807) is 6.07 Å². The highest BCUT2D eigenvalue weighted by molar-refractivity contribution is 7.12. The minimum Gasteiger partial charge on any atom is -0.393 e. The number of ketones is 1. The molecule has 2 unspecified atom stereocenters. The Kier molecular flexibility index (Phi) is 5.10. The first kappa shape index (κ1) is 14.2. The second-order valence-corrected chi connectivity index (χ2v) is 5.91. The third-order valence-corrected chi connectivity index (χ3v) is 4.47. The predicted molar refractivity (Wildman–Crippen MR) is 74.2 cm³/mol. The van der Waals surface area contributed by atoms with Crippen LogP contribution in [-0.2, 0) is 4.79 Å². The SMILES string of the molecule is O=C(CCC(=O)c1cccs1)NCC1CCCC1O. The molecule has 0 bridgehead atoms. The smallest absolute Gasteiger partial charge is 0.220 e. The molecule has 0 aliphatic heterocycles. The number of hydrogen-bond donors (Lipinski definition) is 2. The lowest BCUT2D eigenvalue weighted by Gasteiger charge is -2.14. The standard InChI is InChI=1S/C14H19NO3S/c16-11-4-1-3-10(11)9-15-14(18)7-6-12(17)13-5-2-8-19-13/h2,5,8,10-11,16H,1,3-4,6-7,9H2,(H,15,18). The maximum absolute atomic E-state index is 11.7. The monoisotopic (exact) mass is 281 g/mol. The number of carbonyl (C=O) groups excluding carboxylic acids is 2. The Morgan fingerprint density at radius 2 is 2.21 bits per heavy atom. The summed E-state index contributed by atoms with van der Waals surface area (Å²) in [6.45, 7) is 0.521. The summed E-state index contributed by atoms with van der Waals surface area (Å²) in [7, 11) is 0. The molecule has 1 fully saturated rings. The largest absolute Gasteiger partial charge is 0.393 e. The van der Waals surface area contributed by atoms with Crippen molar-refractivity contribution >= 4 is 23.0 Å². The second-order valence-electron chi connectivity index (χ2n) is 4.96. The molecule has 0 spiro atoms. The fourth-order valence-corrected chi connectivity index (χ4v) is 3.07. The molecule has 0 saturated heterocycles. The lowest BCUT2D eigenvalue weighted by molar-refractivity contribution is -0.121. The molecule has 4 nitrogen and oxygen atoms in total. The van der Waals surface area contributed by atoms with Gasteiger partial charge < -0.3 is 10.4 Å². The van der Waals surface area contributed by atoms with Gasteiger partial charge in [-0.2, -0.15) is 0 Å². The highest BCUT2D eigenvalue weighted by atomic mass is 32.1. The number of aliphatic hydroxyl groups is 1. The van der Waals surface area contributed by atoms with Crippen LogP contribution in [0.5, 0.6) is 0 Å². The van der Waals surface area contributed by atoms with Crippen molar-refractivity contribution in [2.75, 3.05) is 6.54 Å². The van der Waals surface area contributed by atoms with Crippen LogP contribution in [0, 0.1) is 5.92 Å². The summed E-state index contributed by atoms with van der Waals surface area (Å²) in [4.78, 5) is 24.1. The Morgan fingerprint density at radius 3 is 2.84 bits per heavy atom. The number of hydrogen-bond acceptors (Lipinski definition) is 4. The van der Waals surface area contributed by atoms with Crippen LogP contribution in [0.4, 0.5) is 0 Å². The number of amides is 1. The number of aliphatic hydroxyl groups excluding tert-OH is 1. The normalized spacial score (nSPS) is 22.4. The van der Waals surface area contributed by atoms with Crippen molar-refractivity contribution in [2.45, 2.75) is 38.2 Å². The Bertz CT molecular complexity index is 430. The molecule has 1 aromatic rings. The van der Waals surface area contributed by atoms with Gasteiger partial charge in [0.2, 0.25) is 5.91 Å². The zero-order valence-corrected chi connectivity index (χ0v) is 11.6. The maximum atomic E-state index is 11.7. The summed E-state index contributed by atoms with van der Waals surface area (Å²) in [6, 6.07) is 3.61. The molecule has 2 N–H and O–H groups in total. The average Bonchev–Trinajstić information content (AvgIpc) is 3.05. The quantitative estimate of drug-likeness (QED) is 0.784. The molecule has 1 amide bonds. The van der Waals surface area contributed by atoms with Crippen molar-refractivity contribution < 1.29 is 14.7 Å². The van der Waals surface area contributed by atoms with Crippen molar-refractivity contribution in [3.63, 3.8) is 0 Å². The van der Waals surface area contributed by atoms with E-state index in [9.17, 15) is 14.7 Å². The number of thiophene rings is 1. The van der Waals surface area contributed by atoms with E-state index in [1.165, 1.54) is 11.3 Å². The van der Waals surface area contributed by atoms with E-state index in [-0.39, 0.29) is 36.6 Å². The molecule has 0 aromatic carbocycles. The maximum Gasteiger partial charge on any atom is 0.220 e. The van der Waals surface area contributed by atoms with Crippen molar-refractivity contribution in [1.29, 1.82) is 0 Å². The Hall–Kier alpha value is -1.20. The molecule has 1 saturated carbocycles. The van der Waals surface area contributed by atoms with Crippen LogP contribution in [0.3, 0.4) is 0 Å². The van der Waals surface area contributed by atoms with Gasteiger partial charge in [-0.25, -0.2) is 0 Å². The zero-order chi connectivity index (χ0) is 13.7. The van der Waals surface area contributed by atoms with Crippen LogP contribution in [0.1, 0.15) is 41.8 Å². The van der Waals surface area contributed by atoms with E-state index >= 15 is 0 Å². The molecule has 0 radical (unpaired) electrons. The molecule has 2 atom stereocenters. The Balaban J connectivity index is 1.66. The van der Waals surface area contributed by atoms with Crippen LogP contribution >= 0.6 is 11.3 Å². The van der Waals surface area contributed by atoms with Gasteiger partial charge in [0, 0.05) is 25.3 Å². The molecule has 1 aliphatic rings. The van der Waals surface area contributed by atoms with Gasteiger partial charge >= 0.3 is 0 Å². The molecule has 1 aromatic heterocycles. The molecule has 104 valence electrons. The predicted octanol–water partition coefficient (Wildman–Crippen LogP) is 1.99. The lowest BCUT2D eigenvalue weighted by atomic mass is 10.1. The first-order valence-electron chi connectivity index (χ1n) is 6.68. The van der Waals surface area contributed by atoms with Gasteiger partial charge in [0.15, 0.2) is 5.78 Å². The van der Waals surface area contributed by atoms with Crippen LogP contribution in [0.2, 0.25) is 0 Å². The van der Waals surface area contributed by atoms with Crippen LogP contribution in [-0.4, -0.2) is 29.4 Å². The highest BCUT2D eigenvalue weighted by Gasteiger charge is 2.25. The van der Waals surface area contributed by atoms with E-state index in [0.29, 0.717) is 11.4 Å². The van der Waals surface area contributed by atoms with E-state index in [1.807, 2.05) is 11.4 Å². The summed E-state index contributed by atoms with van der Waals surface area (Å²) < 4.78 is 0. The second kappa shape index (κ2) is 6.82. The van der Waals surface area contributed by atoms with Crippen LogP contribution in [0.25, 0.3) is 0 Å². The van der Waals surface area contributed by atoms with E-state index in [4.69, 9.17) is 0 Å². The van der Waals surface area contributed by atoms with Crippen molar-refractivity contribution in [1.82, 2.24) is 5.32 Å². The number of carbonyl (C=O) groups is 2. The zero-order valence-electron chi connectivity index (χ0n) is 10.8. The highest BCUT2D eigenvalue weighted by Crippen LogP contribution is 2.24. The molecule has 2 rings (SSSR count). The van der Waals surface area contributed by atoms with E-state index in [0.717, 1.165) is 19.3 Å². The Morgan fingerprint density at radius 1 is 1.37 bits per heavy atom. The fraction of sp³-hybridized carbons (Fsp3) is 0.571. The van der Waals surface area contributed by atoms with Crippen molar-refractivity contribution in [2.24, 2.45) is 5.92 Å². The van der Waals surface area contributed by atoms with Gasteiger partial charge in [0.1, 0.15) is 0 Å². The molecule has 5 heteroatoms. The minimum atomic E-state index is -0.284. The fourth-order valence-electron chi connectivity index (χ4n) is 2.38. The number of Topliss-reactive ketones (excluding diaryl/α,β-unsaturated/α-hetero) is 1. The molecule has 1 heterocycles. The summed E-state index contributed by atoms with van der Waals surface area (Å²) in [5.41, 5.74) is 0. The molecule has 1 aliphatic carbocycles. The van der Waals surface area contributed by atoms with Gasteiger partial charge in [0.25, 0.3) is 0 Å². The summed E-state index contributed by atoms with van der Waals surface area (Å²) in [5.74, 6) is 0.0898. The van der Waals surface area contributed by atoms with Gasteiger partial charge in [-0.3, -0.25) is 9.59 Å². The van der Waals surface area contributed by atoms with Crippen LogP contribution < -0.4 is 5.32 Å². The van der Waals surface area contributed by atoms with Gasteiger partial charge in [-0.1, -0.05) is 12.5 Å². The van der Waals surface area contributed by atoms with Crippen molar-refractivity contribution in [3.8, 4) is 0 Å². The molecule has 19 heavy (non-hydrogen) atoms. The van der Waals surface area contributed by atoms with Gasteiger partial charge in [-0.15, -0.1) is 11.3 Å². The first-order valence-corrected chi connectivity index (χ1v) is 7.56. The molecular formula is C14H19NO3S. The third-order valence-electron chi connectivity index (χ3n) is 3.56. The topological polar surface area (TPSA) is 66.4 Å². The number of nitrogens with one attached hydrogen (secondary N) is 1. The van der Waals surface area contributed by atoms with Crippen LogP contribution in [0.15, 0.2) is 17.5 Å². The molecular weight excluding hydrogens is 262 g/mol. The summed E-state index contributed by atoms with van der Waals surface area (Å²) in [5, 5.41) is 14.3. The number of rotatable bonds is 6. The third kappa shape index (κ3) is 4.14.